The first-order valence-electron chi connectivity index (χ1n) is 12.6. The quantitative estimate of drug-likeness (QED) is 0.180. The van der Waals surface area contributed by atoms with Crippen LogP contribution in [0.2, 0.25) is 0 Å². The van der Waals surface area contributed by atoms with Crippen LogP contribution in [0.5, 0.6) is 11.6 Å². The molecule has 0 unspecified atom stereocenters. The Kier molecular flexibility index (Phi) is 7.12. The standard InChI is InChI=1S/C33H27BN2O.Pt/c1-22-14-16-36-32(18-22)37-26-9-7-8-23(19-26)24-12-13-28-27-10-5-6-11-29(27)34(30(28)20-24)31-21-25(15-17-35-31)33(2,3)4;/h5-18,21H,1-4H3;/q-2;+2. The number of aromatic nitrogens is 2. The molecule has 0 aliphatic carbocycles. The molecule has 1 aliphatic heterocycles. The van der Waals surface area contributed by atoms with Crippen molar-refractivity contribution in [3.05, 3.63) is 115 Å². The number of rotatable bonds is 4. The average Bonchev–Trinajstić information content (AvgIpc) is 3.22. The fraction of sp³-hybridized carbons (Fsp3) is 0.152. The van der Waals surface area contributed by atoms with Gasteiger partial charge in [0.15, 0.2) is 0 Å². The van der Waals surface area contributed by atoms with Crippen molar-refractivity contribution in [3.63, 3.8) is 0 Å². The molecule has 0 saturated carbocycles. The SMILES string of the molecule is Cc1ccnc(Oc2[c-]c(-c3[c-]c4c(cc3)-c3ccccc3B4c3cc(C(C)(C)C)ccn3)ccc2)c1.[Pt+2]. The number of hydrogen-bond donors (Lipinski definition) is 0. The smallest absolute Gasteiger partial charge is 0.460 e. The van der Waals surface area contributed by atoms with Crippen LogP contribution in [0.15, 0.2) is 91.3 Å². The Morgan fingerprint density at radius 2 is 1.55 bits per heavy atom. The zero-order chi connectivity index (χ0) is 25.6. The summed E-state index contributed by atoms with van der Waals surface area (Å²) in [5.41, 5.74) is 10.3. The first-order valence-corrected chi connectivity index (χ1v) is 12.6. The van der Waals surface area contributed by atoms with Crippen LogP contribution < -0.4 is 21.3 Å². The first-order chi connectivity index (χ1) is 17.9. The van der Waals surface area contributed by atoms with Gasteiger partial charge in [0.05, 0.1) is 0 Å². The van der Waals surface area contributed by atoms with E-state index in [-0.39, 0.29) is 33.2 Å². The number of fused-ring (bicyclic) bond motifs is 3. The summed E-state index contributed by atoms with van der Waals surface area (Å²) in [5, 5.41) is 0. The number of aryl methyl sites for hydroxylation is 1. The number of hydrogen-bond acceptors (Lipinski definition) is 3. The van der Waals surface area contributed by atoms with E-state index in [1.807, 2.05) is 43.5 Å². The summed E-state index contributed by atoms with van der Waals surface area (Å²) in [4.78, 5) is 9.17. The van der Waals surface area contributed by atoms with E-state index in [4.69, 9.17) is 9.72 Å². The van der Waals surface area contributed by atoms with Crippen molar-refractivity contribution in [2.45, 2.75) is 33.1 Å². The summed E-state index contributed by atoms with van der Waals surface area (Å²) in [6, 6.07) is 34.3. The second-order valence-corrected chi connectivity index (χ2v) is 10.6. The molecular formula is C33H27BN2OPt. The van der Waals surface area contributed by atoms with Gasteiger partial charge in [-0.05, 0) is 41.7 Å². The van der Waals surface area contributed by atoms with E-state index in [0.717, 1.165) is 27.7 Å². The van der Waals surface area contributed by atoms with E-state index in [1.165, 1.54) is 22.2 Å². The second-order valence-electron chi connectivity index (χ2n) is 10.6. The summed E-state index contributed by atoms with van der Waals surface area (Å²) < 4.78 is 6.01. The van der Waals surface area contributed by atoms with Crippen molar-refractivity contribution in [1.82, 2.24) is 9.97 Å². The molecule has 3 heterocycles. The Morgan fingerprint density at radius 1 is 0.763 bits per heavy atom. The summed E-state index contributed by atoms with van der Waals surface area (Å²) >= 11 is 0. The van der Waals surface area contributed by atoms with Gasteiger partial charge in [-0.1, -0.05) is 56.1 Å². The van der Waals surface area contributed by atoms with E-state index in [1.54, 1.807) is 6.20 Å². The topological polar surface area (TPSA) is 35.0 Å². The maximum absolute atomic E-state index is 6.01. The Hall–Kier alpha value is -3.49. The fourth-order valence-corrected chi connectivity index (χ4v) is 5.00. The Labute approximate surface area is 239 Å². The normalized spacial score (nSPS) is 11.9. The van der Waals surface area contributed by atoms with Gasteiger partial charge in [0.25, 0.3) is 0 Å². The average molecular weight is 673 g/mol. The monoisotopic (exact) mass is 673 g/mol. The van der Waals surface area contributed by atoms with Gasteiger partial charge in [0, 0.05) is 29.8 Å². The molecule has 0 spiro atoms. The molecule has 1 aliphatic rings. The zero-order valence-electron chi connectivity index (χ0n) is 21.9. The summed E-state index contributed by atoms with van der Waals surface area (Å²) in [5.74, 6) is 1.19. The van der Waals surface area contributed by atoms with Gasteiger partial charge in [-0.2, -0.15) is 29.7 Å². The van der Waals surface area contributed by atoms with Crippen LogP contribution in [0, 0.1) is 19.1 Å². The maximum atomic E-state index is 6.01. The van der Waals surface area contributed by atoms with E-state index in [2.05, 4.69) is 86.4 Å². The summed E-state index contributed by atoms with van der Waals surface area (Å²) in [6.07, 6.45) is 3.69. The molecule has 5 aromatic rings. The van der Waals surface area contributed by atoms with E-state index in [9.17, 15) is 0 Å². The Morgan fingerprint density at radius 3 is 2.37 bits per heavy atom. The van der Waals surface area contributed by atoms with Gasteiger partial charge in [0.2, 0.25) is 12.6 Å². The Balaban J connectivity index is 0.00000294. The summed E-state index contributed by atoms with van der Waals surface area (Å²) in [6.45, 7) is 8.77. The van der Waals surface area contributed by atoms with Crippen LogP contribution in [0.25, 0.3) is 22.3 Å². The van der Waals surface area contributed by atoms with Crippen molar-refractivity contribution in [2.75, 3.05) is 0 Å². The Bertz CT molecular complexity index is 1630. The van der Waals surface area contributed by atoms with Crippen molar-refractivity contribution in [2.24, 2.45) is 0 Å². The molecule has 0 fully saturated rings. The zero-order valence-corrected chi connectivity index (χ0v) is 24.1. The van der Waals surface area contributed by atoms with Crippen LogP contribution >= 0.6 is 0 Å². The molecule has 0 bridgehead atoms. The third kappa shape index (κ3) is 4.98. The predicted molar refractivity (Wildman–Crippen MR) is 152 cm³/mol. The third-order valence-electron chi connectivity index (χ3n) is 6.93. The van der Waals surface area contributed by atoms with E-state index in [0.29, 0.717) is 11.6 Å². The summed E-state index contributed by atoms with van der Waals surface area (Å²) in [7, 11) is 0. The second kappa shape index (κ2) is 10.3. The van der Waals surface area contributed by atoms with Crippen molar-refractivity contribution in [1.29, 1.82) is 0 Å². The largest absolute Gasteiger partial charge is 2.00 e. The molecule has 0 radical (unpaired) electrons. The molecule has 5 heteroatoms. The molecular weight excluding hydrogens is 646 g/mol. The van der Waals surface area contributed by atoms with E-state index < -0.39 is 0 Å². The maximum Gasteiger partial charge on any atom is 2.00 e. The van der Waals surface area contributed by atoms with Gasteiger partial charge in [0.1, 0.15) is 0 Å². The van der Waals surface area contributed by atoms with Gasteiger partial charge in [-0.15, -0.1) is 23.8 Å². The van der Waals surface area contributed by atoms with Gasteiger partial charge in [-0.3, -0.25) is 4.98 Å². The van der Waals surface area contributed by atoms with Gasteiger partial charge >= 0.3 is 21.1 Å². The molecule has 0 saturated heterocycles. The van der Waals surface area contributed by atoms with Gasteiger partial charge < -0.3 is 4.74 Å². The molecule has 38 heavy (non-hydrogen) atoms. The van der Waals surface area contributed by atoms with Crippen molar-refractivity contribution >= 4 is 23.2 Å². The van der Waals surface area contributed by atoms with E-state index >= 15 is 0 Å². The molecule has 188 valence electrons. The van der Waals surface area contributed by atoms with Gasteiger partial charge in [-0.25, -0.2) is 16.1 Å². The number of nitrogens with zero attached hydrogens (tertiary/aromatic N) is 2. The van der Waals surface area contributed by atoms with Crippen molar-refractivity contribution < 1.29 is 25.8 Å². The molecule has 6 rings (SSSR count). The minimum Gasteiger partial charge on any atom is -0.460 e. The molecule has 0 atom stereocenters. The molecule has 2 aromatic heterocycles. The fourth-order valence-electron chi connectivity index (χ4n) is 5.00. The molecule has 3 nitrogen and oxygen atoms in total. The van der Waals surface area contributed by atoms with Crippen LogP contribution in [0.4, 0.5) is 0 Å². The first kappa shape index (κ1) is 26.1. The van der Waals surface area contributed by atoms with Crippen LogP contribution in [-0.2, 0) is 26.5 Å². The number of ether oxygens (including phenoxy) is 1. The predicted octanol–water partition coefficient (Wildman–Crippen LogP) is 5.64. The van der Waals surface area contributed by atoms with Crippen LogP contribution in [0.1, 0.15) is 31.9 Å². The molecule has 3 aromatic carbocycles. The third-order valence-corrected chi connectivity index (χ3v) is 6.93. The van der Waals surface area contributed by atoms with Crippen LogP contribution in [-0.4, -0.2) is 16.7 Å². The minimum absolute atomic E-state index is 0. The minimum atomic E-state index is 0. The van der Waals surface area contributed by atoms with Crippen molar-refractivity contribution in [3.8, 4) is 33.9 Å². The molecule has 0 amide bonds. The number of pyridine rings is 2. The van der Waals surface area contributed by atoms with Crippen LogP contribution in [0.3, 0.4) is 0 Å². The molecule has 0 N–H and O–H groups in total. The number of benzene rings is 3.